The number of halogens is 1. The van der Waals surface area contributed by atoms with E-state index in [1.54, 1.807) is 44.3 Å². The van der Waals surface area contributed by atoms with Crippen molar-refractivity contribution in [3.05, 3.63) is 88.0 Å². The number of carbonyl (C=O) groups is 2. The Bertz CT molecular complexity index is 1640. The summed E-state index contributed by atoms with van der Waals surface area (Å²) in [6.07, 6.45) is 0.403. The Hall–Kier alpha value is -4.21. The number of rotatable bonds is 7. The molecule has 0 bridgehead atoms. The van der Waals surface area contributed by atoms with Gasteiger partial charge in [-0.05, 0) is 36.9 Å². The quantitative estimate of drug-likeness (QED) is 0.216. The minimum absolute atomic E-state index is 0.0409. The number of carboxylic acid groups (broad SMARTS) is 1. The monoisotopic (exact) mass is 547 g/mol. The molecule has 0 spiro atoms. The fraction of sp³-hybridized carbons (Fsp3) is 0.143. The lowest BCUT2D eigenvalue weighted by Gasteiger charge is -2.15. The van der Waals surface area contributed by atoms with Crippen LogP contribution in [0.1, 0.15) is 29.8 Å². The van der Waals surface area contributed by atoms with Crippen LogP contribution in [0.5, 0.6) is 0 Å². The van der Waals surface area contributed by atoms with E-state index >= 15 is 0 Å². The minimum atomic E-state index is -0.880. The molecule has 5 rings (SSSR count). The van der Waals surface area contributed by atoms with Crippen molar-refractivity contribution in [3.8, 4) is 22.6 Å². The van der Waals surface area contributed by atoms with Crippen LogP contribution in [-0.4, -0.2) is 27.3 Å². The number of carbonyl (C=O) groups excluding carboxylic acids is 1. The summed E-state index contributed by atoms with van der Waals surface area (Å²) in [5, 5.41) is 19.2. The number of ether oxygens (including phenoxy) is 1. The average molecular weight is 548 g/mol. The third kappa shape index (κ3) is 5.11. The second-order valence-corrected chi connectivity index (χ2v) is 9.94. The zero-order valence-corrected chi connectivity index (χ0v) is 22.0. The molecule has 1 amide bonds. The van der Waals surface area contributed by atoms with Gasteiger partial charge in [-0.3, -0.25) is 15.1 Å². The maximum Gasteiger partial charge on any atom is 0.412 e. The summed E-state index contributed by atoms with van der Waals surface area (Å²) in [6, 6.07) is 16.4. The van der Waals surface area contributed by atoms with E-state index in [2.05, 4.69) is 15.5 Å². The highest BCUT2D eigenvalue weighted by Gasteiger charge is 2.23. The van der Waals surface area contributed by atoms with Crippen molar-refractivity contribution in [1.82, 2.24) is 10.1 Å². The molecule has 0 radical (unpaired) electrons. The maximum absolute atomic E-state index is 12.8. The lowest BCUT2D eigenvalue weighted by Crippen LogP contribution is -2.17. The molecule has 1 unspecified atom stereocenters. The number of amides is 1. The molecule has 3 aromatic heterocycles. The Kier molecular flexibility index (Phi) is 7.13. The van der Waals surface area contributed by atoms with Gasteiger partial charge >= 0.3 is 12.1 Å². The predicted octanol–water partition coefficient (Wildman–Crippen LogP) is 7.52. The van der Waals surface area contributed by atoms with E-state index in [0.717, 1.165) is 21.3 Å². The van der Waals surface area contributed by atoms with Gasteiger partial charge in [-0.25, -0.2) is 4.79 Å². The first-order valence-electron chi connectivity index (χ1n) is 11.7. The van der Waals surface area contributed by atoms with Gasteiger partial charge < -0.3 is 14.4 Å². The van der Waals surface area contributed by atoms with Crippen molar-refractivity contribution in [2.24, 2.45) is 0 Å². The van der Waals surface area contributed by atoms with Crippen LogP contribution < -0.4 is 5.32 Å². The summed E-state index contributed by atoms with van der Waals surface area (Å²) in [5.74, 6) is -0.512. The topological polar surface area (TPSA) is 115 Å². The Morgan fingerprint density at radius 1 is 1.16 bits per heavy atom. The summed E-state index contributed by atoms with van der Waals surface area (Å²) in [6.45, 7) is 3.47. The van der Waals surface area contributed by atoms with E-state index in [1.807, 2.05) is 35.7 Å². The summed E-state index contributed by atoms with van der Waals surface area (Å²) in [5.41, 5.74) is 4.58. The van der Waals surface area contributed by atoms with E-state index in [1.165, 1.54) is 11.3 Å². The molecule has 0 saturated heterocycles. The van der Waals surface area contributed by atoms with Gasteiger partial charge in [0, 0.05) is 32.4 Å². The molecular formula is C28H22ClN3O5S. The highest BCUT2D eigenvalue weighted by atomic mass is 35.5. The van der Waals surface area contributed by atoms with Crippen molar-refractivity contribution in [1.29, 1.82) is 0 Å². The Morgan fingerprint density at radius 2 is 1.92 bits per heavy atom. The summed E-state index contributed by atoms with van der Waals surface area (Å²) < 4.78 is 12.1. The lowest BCUT2D eigenvalue weighted by atomic mass is 10.0. The van der Waals surface area contributed by atoms with Gasteiger partial charge in [0.05, 0.1) is 17.7 Å². The number of thiophene rings is 1. The van der Waals surface area contributed by atoms with Gasteiger partial charge in [-0.2, -0.15) is 0 Å². The average Bonchev–Trinajstić information content (AvgIpc) is 3.51. The van der Waals surface area contributed by atoms with E-state index in [-0.39, 0.29) is 6.42 Å². The number of aliphatic carboxylic acids is 1. The molecular weight excluding hydrogens is 526 g/mol. The zero-order chi connectivity index (χ0) is 26.8. The first-order valence-corrected chi connectivity index (χ1v) is 12.9. The van der Waals surface area contributed by atoms with Crippen LogP contribution in [0.3, 0.4) is 0 Å². The third-order valence-corrected chi connectivity index (χ3v) is 7.32. The molecule has 10 heteroatoms. The largest absolute Gasteiger partial charge is 0.481 e. The van der Waals surface area contributed by atoms with Crippen LogP contribution in [0.15, 0.2) is 70.7 Å². The summed E-state index contributed by atoms with van der Waals surface area (Å²) in [7, 11) is 0. The molecule has 0 aliphatic rings. The fourth-order valence-electron chi connectivity index (χ4n) is 4.17. The highest BCUT2D eigenvalue weighted by Crippen LogP contribution is 2.41. The van der Waals surface area contributed by atoms with Crippen molar-refractivity contribution in [3.63, 3.8) is 0 Å². The number of anilines is 1. The second-order valence-electron chi connectivity index (χ2n) is 8.62. The van der Waals surface area contributed by atoms with Gasteiger partial charge in [0.25, 0.3) is 0 Å². The molecule has 2 N–H and O–H groups in total. The minimum Gasteiger partial charge on any atom is -0.481 e. The molecule has 38 heavy (non-hydrogen) atoms. The number of hydrogen-bond donors (Lipinski definition) is 2. The van der Waals surface area contributed by atoms with E-state index in [0.29, 0.717) is 38.9 Å². The van der Waals surface area contributed by atoms with Crippen molar-refractivity contribution in [2.75, 3.05) is 5.32 Å². The van der Waals surface area contributed by atoms with Gasteiger partial charge in [0.15, 0.2) is 5.76 Å². The smallest absolute Gasteiger partial charge is 0.412 e. The molecule has 3 heterocycles. The highest BCUT2D eigenvalue weighted by molar-refractivity contribution is 7.17. The van der Waals surface area contributed by atoms with Crippen LogP contribution in [-0.2, 0) is 16.0 Å². The van der Waals surface area contributed by atoms with Crippen LogP contribution in [0.2, 0.25) is 5.02 Å². The van der Waals surface area contributed by atoms with Crippen LogP contribution in [0.4, 0.5) is 10.5 Å². The van der Waals surface area contributed by atoms with Gasteiger partial charge in [0.2, 0.25) is 0 Å². The number of nitrogens with zero attached hydrogens (tertiary/aromatic N) is 2. The van der Waals surface area contributed by atoms with Gasteiger partial charge in [0.1, 0.15) is 17.5 Å². The summed E-state index contributed by atoms with van der Waals surface area (Å²) >= 11 is 7.75. The van der Waals surface area contributed by atoms with Gasteiger partial charge in [-0.1, -0.05) is 59.2 Å². The predicted molar refractivity (Wildman–Crippen MR) is 147 cm³/mol. The van der Waals surface area contributed by atoms with Crippen molar-refractivity contribution >= 4 is 50.8 Å². The Balaban J connectivity index is 1.43. The molecule has 8 nitrogen and oxygen atoms in total. The van der Waals surface area contributed by atoms with Crippen molar-refractivity contribution < 1.29 is 24.0 Å². The van der Waals surface area contributed by atoms with Crippen LogP contribution >= 0.6 is 22.9 Å². The molecule has 0 aliphatic heterocycles. The zero-order valence-electron chi connectivity index (χ0n) is 20.4. The summed E-state index contributed by atoms with van der Waals surface area (Å²) in [4.78, 5) is 28.5. The van der Waals surface area contributed by atoms with E-state index in [4.69, 9.17) is 26.0 Å². The van der Waals surface area contributed by atoms with Crippen molar-refractivity contribution in [2.45, 2.75) is 26.4 Å². The number of fused-ring (bicyclic) bond motifs is 1. The molecule has 2 aromatic carbocycles. The number of pyridine rings is 1. The SMILES string of the molecule is Cc1noc(-c2cnc(-c3ccc(CC(=O)O)cc3)c3ccsc23)c1NC(=O)OC(C)c1ccccc1Cl. The molecule has 192 valence electrons. The third-order valence-electron chi connectivity index (χ3n) is 6.03. The number of aromatic nitrogens is 2. The van der Waals surface area contributed by atoms with Gasteiger partial charge in [-0.15, -0.1) is 11.3 Å². The number of carboxylic acids is 1. The molecule has 5 aromatic rings. The first-order chi connectivity index (χ1) is 18.3. The lowest BCUT2D eigenvalue weighted by molar-refractivity contribution is -0.136. The molecule has 0 aliphatic carbocycles. The maximum atomic E-state index is 12.8. The number of benzene rings is 2. The normalized spacial score (nSPS) is 11.9. The first kappa shape index (κ1) is 25.4. The molecule has 0 fully saturated rings. The Morgan fingerprint density at radius 3 is 2.66 bits per heavy atom. The van der Waals surface area contributed by atoms with Crippen LogP contribution in [0.25, 0.3) is 32.7 Å². The number of nitrogens with one attached hydrogen (secondary N) is 1. The number of hydrogen-bond acceptors (Lipinski definition) is 7. The second kappa shape index (κ2) is 10.6. The molecule has 0 saturated carbocycles. The van der Waals surface area contributed by atoms with E-state index in [9.17, 15) is 9.59 Å². The molecule has 1 atom stereocenters. The number of aryl methyl sites for hydroxylation is 1. The van der Waals surface area contributed by atoms with E-state index < -0.39 is 18.2 Å². The van der Waals surface area contributed by atoms with Crippen LogP contribution in [0, 0.1) is 6.92 Å². The standard InChI is InChI=1S/C28H22ClN3O5S/c1-15-24(31-28(35)36-16(2)19-5-3-4-6-22(19)29)26(37-32-15)21-14-30-25(20-11-12-38-27(20)21)18-9-7-17(8-10-18)13-23(33)34/h3-12,14,16H,13H2,1-2H3,(H,31,35)(H,33,34). The Labute approximate surface area is 226 Å². The fourth-order valence-corrected chi connectivity index (χ4v) is 5.36.